The van der Waals surface area contributed by atoms with Gasteiger partial charge in [-0.3, -0.25) is 0 Å². The fraction of sp³-hybridized carbons (Fsp3) is 0.241. The van der Waals surface area contributed by atoms with Gasteiger partial charge >= 0.3 is 0 Å². The van der Waals surface area contributed by atoms with Crippen molar-refractivity contribution >= 4 is 0 Å². The molecule has 2 N–H and O–H groups in total. The highest BCUT2D eigenvalue weighted by Gasteiger charge is 2.17. The van der Waals surface area contributed by atoms with E-state index in [9.17, 15) is 17.6 Å². The van der Waals surface area contributed by atoms with E-state index in [2.05, 4.69) is 12.0 Å². The van der Waals surface area contributed by atoms with Crippen molar-refractivity contribution in [3.05, 3.63) is 116 Å². The SMILES string of the molecule is CC(C)=CCc1cc(F)c(Cc2cc(F)c(Cc3cc(C)c(C#CN)c(C)c3)c(F)c2)c(F)c1. The van der Waals surface area contributed by atoms with Gasteiger partial charge in [-0.05, 0) is 92.1 Å². The molecule has 34 heavy (non-hydrogen) atoms. The van der Waals surface area contributed by atoms with Crippen molar-refractivity contribution < 1.29 is 17.6 Å². The van der Waals surface area contributed by atoms with E-state index in [1.54, 1.807) is 0 Å². The molecule has 0 saturated heterocycles. The molecule has 0 aliphatic carbocycles. The highest BCUT2D eigenvalue weighted by molar-refractivity contribution is 5.49. The summed E-state index contributed by atoms with van der Waals surface area (Å²) < 4.78 is 58.9. The van der Waals surface area contributed by atoms with Crippen molar-refractivity contribution in [2.24, 2.45) is 5.73 Å². The quantitative estimate of drug-likeness (QED) is 0.184. The Morgan fingerprint density at radius 3 is 1.56 bits per heavy atom. The van der Waals surface area contributed by atoms with Crippen LogP contribution < -0.4 is 5.73 Å². The number of halogens is 4. The molecule has 0 aromatic heterocycles. The fourth-order valence-corrected chi connectivity index (χ4v) is 4.02. The molecule has 0 atom stereocenters. The van der Waals surface area contributed by atoms with Gasteiger partial charge in [-0.2, -0.15) is 0 Å². The monoisotopic (exact) mass is 465 g/mol. The highest BCUT2D eigenvalue weighted by Crippen LogP contribution is 2.25. The van der Waals surface area contributed by atoms with Gasteiger partial charge in [0.1, 0.15) is 23.3 Å². The molecule has 0 heterocycles. The minimum Gasteiger partial charge on any atom is -0.359 e. The van der Waals surface area contributed by atoms with E-state index in [1.165, 1.54) is 12.1 Å². The van der Waals surface area contributed by atoms with Gasteiger partial charge in [0.05, 0.1) is 0 Å². The minimum absolute atomic E-state index is 0.0394. The lowest BCUT2D eigenvalue weighted by Gasteiger charge is -2.12. The normalized spacial score (nSPS) is 10.6. The lowest BCUT2D eigenvalue weighted by molar-refractivity contribution is 0.549. The lowest BCUT2D eigenvalue weighted by Crippen LogP contribution is -2.04. The summed E-state index contributed by atoms with van der Waals surface area (Å²) in [6.07, 6.45) is 2.07. The van der Waals surface area contributed by atoms with Crippen molar-refractivity contribution in [3.8, 4) is 12.0 Å². The number of aryl methyl sites for hydroxylation is 2. The number of hydrogen-bond donors (Lipinski definition) is 1. The topological polar surface area (TPSA) is 26.0 Å². The Bertz CT molecular complexity index is 1250. The smallest absolute Gasteiger partial charge is 0.129 e. The summed E-state index contributed by atoms with van der Waals surface area (Å²) in [6, 6.07) is 10.8. The summed E-state index contributed by atoms with van der Waals surface area (Å²) >= 11 is 0. The molecule has 0 fully saturated rings. The van der Waals surface area contributed by atoms with Gasteiger partial charge in [-0.25, -0.2) is 17.6 Å². The molecule has 0 aliphatic rings. The molecule has 0 unspecified atom stereocenters. The second kappa shape index (κ2) is 10.6. The van der Waals surface area contributed by atoms with Gasteiger partial charge in [-0.1, -0.05) is 23.8 Å². The number of allylic oxidation sites excluding steroid dienone is 2. The van der Waals surface area contributed by atoms with Crippen LogP contribution in [0.15, 0.2) is 48.0 Å². The maximum absolute atomic E-state index is 14.9. The zero-order valence-corrected chi connectivity index (χ0v) is 19.8. The molecular formula is C29H27F4N. The first-order valence-electron chi connectivity index (χ1n) is 11.0. The molecule has 3 aromatic carbocycles. The van der Waals surface area contributed by atoms with Gasteiger partial charge in [0, 0.05) is 35.6 Å². The van der Waals surface area contributed by atoms with Crippen LogP contribution in [0.3, 0.4) is 0 Å². The molecule has 0 radical (unpaired) electrons. The maximum Gasteiger partial charge on any atom is 0.129 e. The van der Waals surface area contributed by atoms with Crippen LogP contribution in [0.4, 0.5) is 17.6 Å². The third kappa shape index (κ3) is 5.88. The van der Waals surface area contributed by atoms with Crippen LogP contribution in [0, 0.1) is 49.1 Å². The highest BCUT2D eigenvalue weighted by atomic mass is 19.1. The van der Waals surface area contributed by atoms with Crippen LogP contribution in [0.2, 0.25) is 0 Å². The molecular weight excluding hydrogens is 438 g/mol. The third-order valence-corrected chi connectivity index (χ3v) is 5.70. The predicted molar refractivity (Wildman–Crippen MR) is 128 cm³/mol. The van der Waals surface area contributed by atoms with Crippen LogP contribution >= 0.6 is 0 Å². The Kier molecular flexibility index (Phi) is 7.83. The number of nitrogens with two attached hydrogens (primary N) is 1. The zero-order chi connectivity index (χ0) is 25.0. The largest absolute Gasteiger partial charge is 0.359 e. The van der Waals surface area contributed by atoms with Crippen LogP contribution in [-0.2, 0) is 19.3 Å². The molecule has 3 rings (SSSR count). The summed E-state index contributed by atoms with van der Waals surface area (Å²) in [4.78, 5) is 0. The molecule has 0 aliphatic heterocycles. The van der Waals surface area contributed by atoms with E-state index in [4.69, 9.17) is 5.73 Å². The molecule has 3 aromatic rings. The first-order valence-corrected chi connectivity index (χ1v) is 11.0. The second-order valence-electron chi connectivity index (χ2n) is 8.79. The predicted octanol–water partition coefficient (Wildman–Crippen LogP) is 6.82. The standard InChI is InChI=1S/C29H27F4N/c1-17(2)5-6-20-13-26(30)25(27(31)14-20)12-22-15-28(32)24(29(33)16-22)11-21-9-18(3)23(7-8-34)19(4)10-21/h5,9-10,13-16H,6,11-12,34H2,1-4H3. The van der Waals surface area contributed by atoms with Crippen LogP contribution in [0.1, 0.15) is 58.4 Å². The van der Waals surface area contributed by atoms with Crippen molar-refractivity contribution in [2.45, 2.75) is 47.0 Å². The van der Waals surface area contributed by atoms with Gasteiger partial charge in [-0.15, -0.1) is 0 Å². The van der Waals surface area contributed by atoms with Gasteiger partial charge in [0.15, 0.2) is 0 Å². The number of benzene rings is 3. The van der Waals surface area contributed by atoms with Crippen molar-refractivity contribution in [1.82, 2.24) is 0 Å². The third-order valence-electron chi connectivity index (χ3n) is 5.70. The van der Waals surface area contributed by atoms with Crippen molar-refractivity contribution in [3.63, 3.8) is 0 Å². The Labute approximate surface area is 198 Å². The van der Waals surface area contributed by atoms with Crippen LogP contribution in [0.5, 0.6) is 0 Å². The zero-order valence-electron chi connectivity index (χ0n) is 19.8. The van der Waals surface area contributed by atoms with Crippen LogP contribution in [0.25, 0.3) is 0 Å². The van der Waals surface area contributed by atoms with Gasteiger partial charge in [0.2, 0.25) is 0 Å². The van der Waals surface area contributed by atoms with E-state index < -0.39 is 23.3 Å². The van der Waals surface area contributed by atoms with Crippen LogP contribution in [-0.4, -0.2) is 0 Å². The van der Waals surface area contributed by atoms with Crippen molar-refractivity contribution in [2.75, 3.05) is 0 Å². The maximum atomic E-state index is 14.9. The summed E-state index contributed by atoms with van der Waals surface area (Å²) in [5, 5.41) is 0. The first-order chi connectivity index (χ1) is 16.1. The second-order valence-corrected chi connectivity index (χ2v) is 8.79. The average molecular weight is 466 g/mol. The Morgan fingerprint density at radius 1 is 0.735 bits per heavy atom. The summed E-state index contributed by atoms with van der Waals surface area (Å²) in [6.45, 7) is 7.53. The number of rotatable bonds is 6. The first kappa shape index (κ1) is 25.1. The minimum atomic E-state index is -0.753. The molecule has 0 bridgehead atoms. The average Bonchev–Trinajstić information content (AvgIpc) is 2.74. The molecule has 5 heteroatoms. The molecule has 0 spiro atoms. The summed E-state index contributed by atoms with van der Waals surface area (Å²) in [5.74, 6) is -0.133. The molecule has 0 saturated carbocycles. The van der Waals surface area contributed by atoms with E-state index in [-0.39, 0.29) is 29.5 Å². The molecule has 0 amide bonds. The lowest BCUT2D eigenvalue weighted by atomic mass is 9.94. The Morgan fingerprint density at radius 2 is 1.15 bits per heavy atom. The summed E-state index contributed by atoms with van der Waals surface area (Å²) in [7, 11) is 0. The van der Waals surface area contributed by atoms with E-state index >= 15 is 0 Å². The Balaban J connectivity index is 1.87. The number of hydrogen-bond acceptors (Lipinski definition) is 1. The Hall–Kier alpha value is -3.52. The van der Waals surface area contributed by atoms with E-state index in [0.29, 0.717) is 12.0 Å². The molecule has 176 valence electrons. The fourth-order valence-electron chi connectivity index (χ4n) is 4.02. The van der Waals surface area contributed by atoms with Gasteiger partial charge < -0.3 is 5.73 Å². The van der Waals surface area contributed by atoms with Gasteiger partial charge in [0.25, 0.3) is 0 Å². The van der Waals surface area contributed by atoms with E-state index in [1.807, 2.05) is 45.9 Å². The molecule has 1 nitrogen and oxygen atoms in total. The van der Waals surface area contributed by atoms with Crippen molar-refractivity contribution in [1.29, 1.82) is 0 Å². The summed E-state index contributed by atoms with van der Waals surface area (Å²) in [5.41, 5.74) is 9.95. The van der Waals surface area contributed by atoms with E-state index in [0.717, 1.165) is 40.0 Å².